The molecule has 0 saturated carbocycles. The van der Waals surface area contributed by atoms with Crippen molar-refractivity contribution < 1.29 is 17.5 Å². The summed E-state index contributed by atoms with van der Waals surface area (Å²) in [7, 11) is -0.956. The maximum Gasteiger partial charge on any atom is 0.238 e. The number of methoxy groups -OCH3 is 1. The van der Waals surface area contributed by atoms with Gasteiger partial charge in [0.2, 0.25) is 10.0 Å². The number of ether oxygens (including phenoxy) is 1. The predicted octanol–water partition coefficient (Wildman–Crippen LogP) is 1.02. The lowest BCUT2D eigenvalue weighted by Gasteiger charge is -2.20. The van der Waals surface area contributed by atoms with Gasteiger partial charge in [-0.15, -0.1) is 0 Å². The van der Waals surface area contributed by atoms with E-state index in [2.05, 4.69) is 4.98 Å². The fourth-order valence-corrected chi connectivity index (χ4v) is 2.57. The lowest BCUT2D eigenvalue weighted by molar-refractivity contribution is 0.136. The van der Waals surface area contributed by atoms with Crippen LogP contribution >= 0.6 is 0 Å². The van der Waals surface area contributed by atoms with Crippen molar-refractivity contribution in [3.8, 4) is 0 Å². The number of aromatic nitrogens is 1. The van der Waals surface area contributed by atoms with Gasteiger partial charge in [-0.25, -0.2) is 17.8 Å². The molecule has 0 spiro atoms. The average molecular weight is 262 g/mol. The molecule has 96 valence electrons. The monoisotopic (exact) mass is 262 g/mol. The molecule has 0 aliphatic rings. The summed E-state index contributed by atoms with van der Waals surface area (Å²) in [5.74, 6) is -1.12. The molecule has 1 unspecified atom stereocenters. The average Bonchev–Trinajstić information content (AvgIpc) is 2.28. The first kappa shape index (κ1) is 13.9. The number of anilines is 1. The second-order valence-electron chi connectivity index (χ2n) is 3.60. The van der Waals surface area contributed by atoms with Crippen molar-refractivity contribution in [2.45, 2.75) is 13.0 Å². The first-order valence-electron chi connectivity index (χ1n) is 4.98. The van der Waals surface area contributed by atoms with Crippen molar-refractivity contribution in [1.29, 1.82) is 0 Å². The molecular weight excluding hydrogens is 247 g/mol. The smallest absolute Gasteiger partial charge is 0.238 e. The van der Waals surface area contributed by atoms with Crippen LogP contribution in [0, 0.1) is 5.82 Å². The van der Waals surface area contributed by atoms with E-state index in [1.54, 1.807) is 6.92 Å². The third-order valence-corrected chi connectivity index (χ3v) is 4.20. The first-order chi connectivity index (χ1) is 7.88. The van der Waals surface area contributed by atoms with E-state index in [0.717, 1.165) is 10.4 Å². The standard InChI is InChI=1S/C10H15FN2O3S/c1-8(16-3)7-17(14,15)13(2)10-9(11)5-4-6-12-10/h4-6,8H,7H2,1-3H3. The van der Waals surface area contributed by atoms with Crippen LogP contribution in [-0.2, 0) is 14.8 Å². The van der Waals surface area contributed by atoms with Gasteiger partial charge in [-0.1, -0.05) is 0 Å². The normalized spacial score (nSPS) is 13.4. The van der Waals surface area contributed by atoms with E-state index < -0.39 is 21.9 Å². The molecule has 0 saturated heterocycles. The highest BCUT2D eigenvalue weighted by Crippen LogP contribution is 2.17. The number of halogens is 1. The minimum atomic E-state index is -3.64. The first-order valence-corrected chi connectivity index (χ1v) is 6.59. The minimum Gasteiger partial charge on any atom is -0.381 e. The zero-order chi connectivity index (χ0) is 13.1. The number of rotatable bonds is 5. The van der Waals surface area contributed by atoms with Crippen molar-refractivity contribution >= 4 is 15.8 Å². The molecule has 1 atom stereocenters. The fourth-order valence-electron chi connectivity index (χ4n) is 1.22. The molecule has 1 rings (SSSR count). The number of hydrogen-bond donors (Lipinski definition) is 0. The predicted molar refractivity (Wildman–Crippen MR) is 62.9 cm³/mol. The SMILES string of the molecule is COC(C)CS(=O)(=O)N(C)c1ncccc1F. The second kappa shape index (κ2) is 5.42. The number of sulfonamides is 1. The highest BCUT2D eigenvalue weighted by atomic mass is 32.2. The topological polar surface area (TPSA) is 59.5 Å². The second-order valence-corrected chi connectivity index (χ2v) is 5.65. The molecule has 1 aromatic heterocycles. The summed E-state index contributed by atoms with van der Waals surface area (Å²) in [5.41, 5.74) is 0. The Hall–Kier alpha value is -1.21. The van der Waals surface area contributed by atoms with Gasteiger partial charge in [0.05, 0.1) is 11.9 Å². The van der Waals surface area contributed by atoms with E-state index in [1.807, 2.05) is 0 Å². The van der Waals surface area contributed by atoms with E-state index in [9.17, 15) is 12.8 Å². The lowest BCUT2D eigenvalue weighted by Crippen LogP contribution is -2.34. The molecule has 0 bridgehead atoms. The van der Waals surface area contributed by atoms with Crippen LogP contribution in [0.15, 0.2) is 18.3 Å². The van der Waals surface area contributed by atoms with Gasteiger partial charge < -0.3 is 4.74 Å². The summed E-state index contributed by atoms with van der Waals surface area (Å²) in [4.78, 5) is 3.71. The van der Waals surface area contributed by atoms with Gasteiger partial charge in [-0.3, -0.25) is 4.31 Å². The summed E-state index contributed by atoms with van der Waals surface area (Å²) in [6.45, 7) is 1.63. The van der Waals surface area contributed by atoms with Crippen LogP contribution in [0.25, 0.3) is 0 Å². The Bertz CT molecular complexity index is 478. The molecule has 0 fully saturated rings. The molecule has 0 aromatic carbocycles. The van der Waals surface area contributed by atoms with E-state index >= 15 is 0 Å². The highest BCUT2D eigenvalue weighted by Gasteiger charge is 2.24. The molecule has 1 heterocycles. The Morgan fingerprint density at radius 2 is 2.24 bits per heavy atom. The van der Waals surface area contributed by atoms with Crippen molar-refractivity contribution in [3.05, 3.63) is 24.1 Å². The molecule has 0 amide bonds. The van der Waals surface area contributed by atoms with Crippen LogP contribution in [-0.4, -0.2) is 39.4 Å². The van der Waals surface area contributed by atoms with E-state index in [-0.39, 0.29) is 11.6 Å². The van der Waals surface area contributed by atoms with Crippen LogP contribution < -0.4 is 4.31 Å². The summed E-state index contributed by atoms with van der Waals surface area (Å²) >= 11 is 0. The van der Waals surface area contributed by atoms with Gasteiger partial charge >= 0.3 is 0 Å². The third-order valence-electron chi connectivity index (χ3n) is 2.30. The molecule has 0 aliphatic carbocycles. The Labute approximate surface area is 100 Å². The zero-order valence-electron chi connectivity index (χ0n) is 9.92. The van der Waals surface area contributed by atoms with Gasteiger partial charge in [0.15, 0.2) is 11.6 Å². The highest BCUT2D eigenvalue weighted by molar-refractivity contribution is 7.92. The molecule has 5 nitrogen and oxygen atoms in total. The summed E-state index contributed by atoms with van der Waals surface area (Å²) in [6, 6.07) is 2.56. The molecular formula is C10H15FN2O3S. The molecule has 7 heteroatoms. The molecule has 0 aliphatic heterocycles. The van der Waals surface area contributed by atoms with Gasteiger partial charge in [0, 0.05) is 20.4 Å². The quantitative estimate of drug-likeness (QED) is 0.795. The molecule has 1 aromatic rings. The Morgan fingerprint density at radius 1 is 1.59 bits per heavy atom. The lowest BCUT2D eigenvalue weighted by atomic mass is 10.4. The van der Waals surface area contributed by atoms with E-state index in [4.69, 9.17) is 4.74 Å². The summed E-state index contributed by atoms with van der Waals surface area (Å²) < 4.78 is 42.9. The van der Waals surface area contributed by atoms with Gasteiger partial charge in [-0.05, 0) is 19.1 Å². The van der Waals surface area contributed by atoms with Crippen molar-refractivity contribution in [3.63, 3.8) is 0 Å². The molecule has 0 radical (unpaired) electrons. The van der Waals surface area contributed by atoms with E-state index in [0.29, 0.717) is 0 Å². The van der Waals surface area contributed by atoms with Gasteiger partial charge in [-0.2, -0.15) is 0 Å². The third kappa shape index (κ3) is 3.37. The zero-order valence-corrected chi connectivity index (χ0v) is 10.7. The Kier molecular flexibility index (Phi) is 4.41. The number of hydrogen-bond acceptors (Lipinski definition) is 4. The fraction of sp³-hybridized carbons (Fsp3) is 0.500. The minimum absolute atomic E-state index is 0.212. The summed E-state index contributed by atoms with van der Waals surface area (Å²) in [5, 5.41) is 0. The van der Waals surface area contributed by atoms with Gasteiger partial charge in [0.25, 0.3) is 0 Å². The maximum atomic E-state index is 13.4. The number of nitrogens with zero attached hydrogens (tertiary/aromatic N) is 2. The van der Waals surface area contributed by atoms with E-state index in [1.165, 1.54) is 26.4 Å². The van der Waals surface area contributed by atoms with Gasteiger partial charge in [0.1, 0.15) is 0 Å². The van der Waals surface area contributed by atoms with Crippen molar-refractivity contribution in [1.82, 2.24) is 4.98 Å². The largest absolute Gasteiger partial charge is 0.381 e. The Morgan fingerprint density at radius 3 is 2.76 bits per heavy atom. The van der Waals surface area contributed by atoms with Crippen molar-refractivity contribution in [2.24, 2.45) is 0 Å². The Balaban J connectivity index is 2.97. The van der Waals surface area contributed by atoms with Crippen LogP contribution in [0.4, 0.5) is 10.2 Å². The summed E-state index contributed by atoms with van der Waals surface area (Å²) in [6.07, 6.45) is 0.874. The molecule has 0 N–H and O–H groups in total. The number of pyridine rings is 1. The van der Waals surface area contributed by atoms with Crippen LogP contribution in [0.3, 0.4) is 0 Å². The van der Waals surface area contributed by atoms with Crippen molar-refractivity contribution in [2.75, 3.05) is 24.2 Å². The van der Waals surface area contributed by atoms with Crippen LogP contribution in [0.1, 0.15) is 6.92 Å². The van der Waals surface area contributed by atoms with Crippen LogP contribution in [0.5, 0.6) is 0 Å². The molecule has 17 heavy (non-hydrogen) atoms. The maximum absolute atomic E-state index is 13.4. The van der Waals surface area contributed by atoms with Crippen LogP contribution in [0.2, 0.25) is 0 Å².